The van der Waals surface area contributed by atoms with Gasteiger partial charge in [-0.2, -0.15) is 0 Å². The highest BCUT2D eigenvalue weighted by atomic mass is 79.9. The van der Waals surface area contributed by atoms with Crippen LogP contribution in [0.3, 0.4) is 0 Å². The summed E-state index contributed by atoms with van der Waals surface area (Å²) in [6.07, 6.45) is 0. The number of fused-ring (bicyclic) bond motifs is 1. The number of ether oxygens (including phenoxy) is 2. The zero-order valence-corrected chi connectivity index (χ0v) is 20.0. The number of anilines is 1. The molecule has 0 saturated carbocycles. The van der Waals surface area contributed by atoms with Crippen LogP contribution in [-0.4, -0.2) is 44.5 Å². The molecule has 2 aromatic carbocycles. The fourth-order valence-electron chi connectivity index (χ4n) is 2.87. The molecule has 1 heterocycles. The second-order valence-corrected chi connectivity index (χ2v) is 11.7. The third-order valence-corrected chi connectivity index (χ3v) is 10.0. The maximum absolute atomic E-state index is 13.5. The van der Waals surface area contributed by atoms with E-state index in [0.29, 0.717) is 4.47 Å². The van der Waals surface area contributed by atoms with Crippen LogP contribution >= 0.6 is 34.9 Å². The predicted octanol–water partition coefficient (Wildman–Crippen LogP) is 3.98. The standard InChI is InChI=1S/C18H19BrNO7PS2/c1-26-18(27-2,28(21,22)23)12-20(30(24,25)13-8-4-3-5-9-13)17-16(19)14-10-6-7-11-15(14)29-17/h3-11H,12H2,1-2H3,(H2,21,22,23). The zero-order chi connectivity index (χ0) is 22.2. The molecule has 1 aromatic heterocycles. The average Bonchev–Trinajstić information content (AvgIpc) is 3.05. The summed E-state index contributed by atoms with van der Waals surface area (Å²) in [5.41, 5.74) is -2.50. The Bertz CT molecular complexity index is 1190. The van der Waals surface area contributed by atoms with Gasteiger partial charge in [-0.1, -0.05) is 36.4 Å². The van der Waals surface area contributed by atoms with E-state index in [9.17, 15) is 22.8 Å². The van der Waals surface area contributed by atoms with E-state index in [0.717, 1.165) is 39.9 Å². The minimum atomic E-state index is -5.05. The van der Waals surface area contributed by atoms with Crippen molar-refractivity contribution >= 4 is 60.0 Å². The molecule has 8 nitrogen and oxygen atoms in total. The van der Waals surface area contributed by atoms with Gasteiger partial charge in [0.2, 0.25) is 0 Å². The van der Waals surface area contributed by atoms with Crippen molar-refractivity contribution in [2.24, 2.45) is 0 Å². The van der Waals surface area contributed by atoms with Gasteiger partial charge >= 0.3 is 7.60 Å². The molecule has 0 aliphatic heterocycles. The Balaban J connectivity index is 2.26. The quantitative estimate of drug-likeness (QED) is 0.331. The number of methoxy groups -OCH3 is 2. The van der Waals surface area contributed by atoms with Crippen LogP contribution in [0, 0.1) is 0 Å². The van der Waals surface area contributed by atoms with Gasteiger partial charge in [-0.25, -0.2) is 12.7 Å². The first-order valence-corrected chi connectivity index (χ1v) is 13.1. The van der Waals surface area contributed by atoms with E-state index in [2.05, 4.69) is 15.9 Å². The van der Waals surface area contributed by atoms with Gasteiger partial charge in [0.05, 0.1) is 9.37 Å². The van der Waals surface area contributed by atoms with Crippen molar-refractivity contribution in [2.75, 3.05) is 25.1 Å². The maximum atomic E-state index is 13.5. The summed E-state index contributed by atoms with van der Waals surface area (Å²) in [4.78, 5) is 19.8. The lowest BCUT2D eigenvalue weighted by Gasteiger charge is -2.35. The number of rotatable bonds is 8. The van der Waals surface area contributed by atoms with E-state index in [-0.39, 0.29) is 9.90 Å². The Morgan fingerprint density at radius 2 is 1.63 bits per heavy atom. The van der Waals surface area contributed by atoms with Crippen molar-refractivity contribution in [3.63, 3.8) is 0 Å². The molecule has 0 amide bonds. The minimum Gasteiger partial charge on any atom is -0.342 e. The number of benzene rings is 2. The van der Waals surface area contributed by atoms with Crippen LogP contribution < -0.4 is 4.31 Å². The molecule has 3 rings (SSSR count). The van der Waals surface area contributed by atoms with Gasteiger partial charge in [-0.05, 0) is 34.1 Å². The van der Waals surface area contributed by atoms with Crippen molar-refractivity contribution in [1.29, 1.82) is 0 Å². The van der Waals surface area contributed by atoms with Gasteiger partial charge in [-0.3, -0.25) is 4.57 Å². The van der Waals surface area contributed by atoms with E-state index in [1.807, 2.05) is 24.3 Å². The first kappa shape index (κ1) is 23.4. The fraction of sp³-hybridized carbons (Fsp3) is 0.222. The number of nitrogens with zero attached hydrogens (tertiary/aromatic N) is 1. The molecule has 3 aromatic rings. The molecule has 30 heavy (non-hydrogen) atoms. The first-order chi connectivity index (χ1) is 14.1. The molecule has 2 N–H and O–H groups in total. The fourth-order valence-corrected chi connectivity index (χ4v) is 7.63. The highest BCUT2D eigenvalue weighted by Gasteiger charge is 2.52. The van der Waals surface area contributed by atoms with E-state index >= 15 is 0 Å². The summed E-state index contributed by atoms with van der Waals surface area (Å²) in [6.45, 7) is -0.771. The van der Waals surface area contributed by atoms with E-state index in [1.165, 1.54) is 12.1 Å². The van der Waals surface area contributed by atoms with Crippen molar-refractivity contribution in [3.8, 4) is 0 Å². The normalized spacial score (nSPS) is 13.0. The van der Waals surface area contributed by atoms with Crippen molar-refractivity contribution in [3.05, 3.63) is 59.1 Å². The second-order valence-electron chi connectivity index (χ2n) is 6.21. The second kappa shape index (κ2) is 8.68. The predicted molar refractivity (Wildman–Crippen MR) is 119 cm³/mol. The molecule has 0 spiro atoms. The largest absolute Gasteiger partial charge is 0.386 e. The number of hydrogen-bond donors (Lipinski definition) is 2. The molecule has 0 atom stereocenters. The molecule has 0 saturated heterocycles. The molecule has 0 aliphatic carbocycles. The Morgan fingerprint density at radius 3 is 2.17 bits per heavy atom. The van der Waals surface area contributed by atoms with Crippen molar-refractivity contribution in [1.82, 2.24) is 0 Å². The van der Waals surface area contributed by atoms with Gasteiger partial charge in [0, 0.05) is 24.3 Å². The van der Waals surface area contributed by atoms with Crippen LogP contribution in [0.2, 0.25) is 0 Å². The average molecular weight is 536 g/mol. The van der Waals surface area contributed by atoms with Gasteiger partial charge < -0.3 is 19.3 Å². The van der Waals surface area contributed by atoms with Crippen molar-refractivity contribution in [2.45, 2.75) is 10.4 Å². The molecule has 0 unspecified atom stereocenters. The van der Waals surface area contributed by atoms with Crippen LogP contribution in [0.5, 0.6) is 0 Å². The summed E-state index contributed by atoms with van der Waals surface area (Å²) in [5, 5.41) is 1.01. The third-order valence-electron chi connectivity index (χ3n) is 4.50. The lowest BCUT2D eigenvalue weighted by molar-refractivity contribution is -0.147. The van der Waals surface area contributed by atoms with E-state index in [1.54, 1.807) is 18.2 Å². The lowest BCUT2D eigenvalue weighted by Crippen LogP contribution is -2.48. The van der Waals surface area contributed by atoms with Crippen LogP contribution in [0.4, 0.5) is 5.00 Å². The highest BCUT2D eigenvalue weighted by molar-refractivity contribution is 9.10. The van der Waals surface area contributed by atoms with Crippen LogP contribution in [-0.2, 0) is 24.1 Å². The summed E-state index contributed by atoms with van der Waals surface area (Å²) in [5.74, 6) is 0. The van der Waals surface area contributed by atoms with Crippen LogP contribution in [0.15, 0.2) is 64.0 Å². The smallest absolute Gasteiger partial charge is 0.342 e. The van der Waals surface area contributed by atoms with E-state index in [4.69, 9.17) is 9.47 Å². The Kier molecular flexibility index (Phi) is 6.76. The van der Waals surface area contributed by atoms with Gasteiger partial charge in [0.1, 0.15) is 11.5 Å². The number of thiophene rings is 1. The Labute approximate surface area is 186 Å². The zero-order valence-electron chi connectivity index (χ0n) is 15.9. The monoisotopic (exact) mass is 535 g/mol. The van der Waals surface area contributed by atoms with E-state index < -0.39 is 29.7 Å². The highest BCUT2D eigenvalue weighted by Crippen LogP contribution is 2.54. The van der Waals surface area contributed by atoms with Gasteiger partial charge in [-0.15, -0.1) is 11.3 Å². The summed E-state index contributed by atoms with van der Waals surface area (Å²) < 4.78 is 51.6. The molecule has 0 aliphatic rings. The van der Waals surface area contributed by atoms with Crippen molar-refractivity contribution < 1.29 is 32.2 Å². The molecular weight excluding hydrogens is 517 g/mol. The molecule has 0 fully saturated rings. The lowest BCUT2D eigenvalue weighted by atomic mass is 10.3. The third kappa shape index (κ3) is 4.09. The molecular formula is C18H19BrNO7PS2. The number of halogens is 1. The maximum Gasteiger partial charge on any atom is 0.386 e. The molecule has 0 bridgehead atoms. The van der Waals surface area contributed by atoms with Gasteiger partial charge in [0.15, 0.2) is 0 Å². The summed E-state index contributed by atoms with van der Waals surface area (Å²) in [6, 6.07) is 14.9. The Morgan fingerprint density at radius 1 is 1.07 bits per heavy atom. The minimum absolute atomic E-state index is 0.0406. The van der Waals surface area contributed by atoms with Crippen LogP contribution in [0.1, 0.15) is 0 Å². The van der Waals surface area contributed by atoms with Gasteiger partial charge in [0.25, 0.3) is 15.6 Å². The van der Waals surface area contributed by atoms with Crippen LogP contribution in [0.25, 0.3) is 10.1 Å². The molecule has 12 heteroatoms. The molecule has 0 radical (unpaired) electrons. The topological polar surface area (TPSA) is 113 Å². The first-order valence-electron chi connectivity index (χ1n) is 8.48. The SMILES string of the molecule is COC(CN(c1sc2ccccc2c1Br)S(=O)(=O)c1ccccc1)(OC)P(=O)(O)O. The number of hydrogen-bond acceptors (Lipinski definition) is 6. The Hall–Kier alpha value is -1.30. The summed E-state index contributed by atoms with van der Waals surface area (Å²) in [7, 11) is -7.18. The molecule has 162 valence electrons. The summed E-state index contributed by atoms with van der Waals surface area (Å²) >= 11 is 4.61. The number of sulfonamides is 1.